The molecule has 4 aromatic rings. The number of pyridine rings is 1. The Kier molecular flexibility index (Phi) is 9.16. The minimum atomic E-state index is -1.59. The van der Waals surface area contributed by atoms with E-state index in [1.807, 2.05) is 6.07 Å². The van der Waals surface area contributed by atoms with Crippen LogP contribution in [0.4, 0.5) is 20.4 Å². The molecule has 41 heavy (non-hydrogen) atoms. The molecule has 0 saturated heterocycles. The van der Waals surface area contributed by atoms with Crippen molar-refractivity contribution in [3.8, 4) is 11.3 Å². The molecule has 1 atom stereocenters. The molecule has 216 valence electrons. The van der Waals surface area contributed by atoms with Crippen molar-refractivity contribution < 1.29 is 17.7 Å². The van der Waals surface area contributed by atoms with Gasteiger partial charge >= 0.3 is 0 Å². The van der Waals surface area contributed by atoms with Gasteiger partial charge in [-0.05, 0) is 75.7 Å². The highest BCUT2D eigenvalue weighted by Gasteiger charge is 2.23. The lowest BCUT2D eigenvalue weighted by molar-refractivity contribution is 0.186. The van der Waals surface area contributed by atoms with E-state index in [4.69, 9.17) is 14.7 Å². The van der Waals surface area contributed by atoms with Crippen molar-refractivity contribution in [2.45, 2.75) is 50.1 Å². The van der Waals surface area contributed by atoms with E-state index >= 15 is 4.39 Å². The summed E-state index contributed by atoms with van der Waals surface area (Å²) in [5, 5.41) is 3.49. The van der Waals surface area contributed by atoms with Crippen LogP contribution >= 0.6 is 0 Å². The molecule has 1 fully saturated rings. The number of fused-ring (bicyclic) bond motifs is 1. The number of anilines is 2. The minimum Gasteiger partial charge on any atom is -0.380 e. The molecule has 0 radical (unpaired) electrons. The van der Waals surface area contributed by atoms with Gasteiger partial charge in [-0.1, -0.05) is 18.2 Å². The van der Waals surface area contributed by atoms with E-state index in [0.29, 0.717) is 52.5 Å². The van der Waals surface area contributed by atoms with Gasteiger partial charge in [0.1, 0.15) is 28.1 Å². The highest BCUT2D eigenvalue weighted by molar-refractivity contribution is 7.85. The van der Waals surface area contributed by atoms with Crippen LogP contribution in [0.25, 0.3) is 22.3 Å². The fourth-order valence-electron chi connectivity index (χ4n) is 5.14. The zero-order chi connectivity index (χ0) is 28.9. The first-order chi connectivity index (χ1) is 19.8. The van der Waals surface area contributed by atoms with Gasteiger partial charge in [0.2, 0.25) is 5.95 Å². The van der Waals surface area contributed by atoms with E-state index in [2.05, 4.69) is 34.0 Å². The number of aromatic nitrogens is 3. The maximum absolute atomic E-state index is 15.1. The summed E-state index contributed by atoms with van der Waals surface area (Å²) in [6.07, 6.45) is 6.06. The van der Waals surface area contributed by atoms with E-state index in [1.54, 1.807) is 31.5 Å². The molecule has 5 rings (SSSR count). The van der Waals surface area contributed by atoms with Crippen LogP contribution < -0.4 is 10.0 Å². The maximum Gasteiger partial charge on any atom is 0.223 e. The van der Waals surface area contributed by atoms with Crippen LogP contribution in [0.5, 0.6) is 0 Å². The lowest BCUT2D eigenvalue weighted by Crippen LogP contribution is -2.36. The second kappa shape index (κ2) is 13.0. The molecule has 1 saturated carbocycles. The maximum atomic E-state index is 15.1. The number of hydrogen-bond acceptors (Lipinski definition) is 7. The lowest BCUT2D eigenvalue weighted by atomic mass is 9.91. The van der Waals surface area contributed by atoms with Crippen LogP contribution in [-0.4, -0.2) is 57.3 Å². The fraction of sp³-hybridized carbons (Fsp3) is 0.367. The molecule has 0 amide bonds. The average Bonchev–Trinajstić information content (AvgIpc) is 2.96. The average molecular weight is 581 g/mol. The Labute approximate surface area is 241 Å². The fourth-order valence-corrected chi connectivity index (χ4v) is 6.12. The summed E-state index contributed by atoms with van der Waals surface area (Å²) in [6, 6.07) is 13.1. The second-order valence-corrected chi connectivity index (χ2v) is 11.7. The van der Waals surface area contributed by atoms with Crippen molar-refractivity contribution in [3.05, 3.63) is 77.5 Å². The number of rotatable bonds is 10. The Morgan fingerprint density at radius 2 is 1.78 bits per heavy atom. The van der Waals surface area contributed by atoms with E-state index < -0.39 is 16.8 Å². The van der Waals surface area contributed by atoms with Gasteiger partial charge in [0.05, 0.1) is 35.5 Å². The molecule has 0 aliphatic heterocycles. The number of hydrogen-bond donors (Lipinski definition) is 2. The normalized spacial score (nSPS) is 18.0. The molecule has 1 aliphatic rings. The minimum absolute atomic E-state index is 0.103. The van der Waals surface area contributed by atoms with Gasteiger partial charge in [0, 0.05) is 30.3 Å². The molecular weight excluding hydrogens is 546 g/mol. The Balaban J connectivity index is 1.32. The van der Waals surface area contributed by atoms with Crippen molar-refractivity contribution in [3.63, 3.8) is 0 Å². The van der Waals surface area contributed by atoms with Gasteiger partial charge in [-0.15, -0.1) is 0 Å². The Morgan fingerprint density at radius 3 is 2.46 bits per heavy atom. The summed E-state index contributed by atoms with van der Waals surface area (Å²) in [4.78, 5) is 16.3. The van der Waals surface area contributed by atoms with Gasteiger partial charge in [-0.3, -0.25) is 0 Å². The number of ether oxygens (including phenoxy) is 1. The Hall–Kier alpha value is -3.54. The van der Waals surface area contributed by atoms with Crippen LogP contribution in [0, 0.1) is 11.6 Å². The molecule has 1 unspecified atom stereocenters. The first-order valence-corrected chi connectivity index (χ1v) is 14.9. The molecule has 11 heteroatoms. The van der Waals surface area contributed by atoms with Crippen LogP contribution in [0.3, 0.4) is 0 Å². The molecule has 8 nitrogen and oxygen atoms in total. The third kappa shape index (κ3) is 7.22. The molecule has 1 aliphatic carbocycles. The van der Waals surface area contributed by atoms with Crippen LogP contribution in [-0.2, 0) is 28.1 Å². The molecule has 2 aromatic carbocycles. The van der Waals surface area contributed by atoms with E-state index in [1.165, 1.54) is 24.3 Å². The molecule has 0 spiro atoms. The topological polar surface area (TPSA) is 92.3 Å². The van der Waals surface area contributed by atoms with Crippen LogP contribution in [0.2, 0.25) is 0 Å². The first-order valence-electron chi connectivity index (χ1n) is 13.6. The van der Waals surface area contributed by atoms with Crippen molar-refractivity contribution in [1.82, 2.24) is 19.9 Å². The monoisotopic (exact) mass is 580 g/mol. The van der Waals surface area contributed by atoms with Crippen LogP contribution in [0.1, 0.15) is 36.8 Å². The van der Waals surface area contributed by atoms with Crippen molar-refractivity contribution in [2.75, 3.05) is 31.2 Å². The van der Waals surface area contributed by atoms with Gasteiger partial charge in [-0.2, -0.15) is 0 Å². The van der Waals surface area contributed by atoms with Gasteiger partial charge in [0.25, 0.3) is 0 Å². The smallest absolute Gasteiger partial charge is 0.223 e. The van der Waals surface area contributed by atoms with Gasteiger partial charge in [0.15, 0.2) is 0 Å². The van der Waals surface area contributed by atoms with Gasteiger partial charge < -0.3 is 19.7 Å². The number of benzene rings is 2. The van der Waals surface area contributed by atoms with Crippen molar-refractivity contribution in [1.29, 1.82) is 0 Å². The molecule has 0 bridgehead atoms. The molecule has 2 aromatic heterocycles. The summed E-state index contributed by atoms with van der Waals surface area (Å²) in [5.74, 6) is -0.258. The second-order valence-electron chi connectivity index (χ2n) is 10.6. The zero-order valence-electron chi connectivity index (χ0n) is 23.4. The zero-order valence-corrected chi connectivity index (χ0v) is 24.2. The highest BCUT2D eigenvalue weighted by atomic mass is 32.2. The standard InChI is InChI=1S/C30H34F2N6O2S/c1-38(2)24-11-9-23(10-12-24)34-30-33-16-28-29(36-30)21(17-40-3)15-27(35-28)20-6-13-26(25(32)14-20)37-41(39)18-19-4-7-22(31)8-5-19/h4-8,13-16,23-24,37H,9-12,17-18H2,1-3H3,(H,33,34,36). The SMILES string of the molecule is COCc1cc(-c2ccc(NS(=O)Cc3ccc(F)cc3)c(F)c2)nc2cnc(NC3CCC(N(C)C)CC3)nc12. The number of nitrogens with zero attached hydrogens (tertiary/aromatic N) is 4. The number of halogens is 2. The molecule has 2 heterocycles. The summed E-state index contributed by atoms with van der Waals surface area (Å²) < 4.78 is 48.8. The quantitative estimate of drug-likeness (QED) is 0.250. The largest absolute Gasteiger partial charge is 0.380 e. The predicted molar refractivity (Wildman–Crippen MR) is 159 cm³/mol. The van der Waals surface area contributed by atoms with Gasteiger partial charge in [-0.25, -0.2) is 27.9 Å². The first kappa shape index (κ1) is 29.0. The summed E-state index contributed by atoms with van der Waals surface area (Å²) in [5.41, 5.74) is 3.97. The third-order valence-electron chi connectivity index (χ3n) is 7.39. The van der Waals surface area contributed by atoms with Crippen LogP contribution in [0.15, 0.2) is 54.7 Å². The predicted octanol–water partition coefficient (Wildman–Crippen LogP) is 5.68. The van der Waals surface area contributed by atoms with Crippen molar-refractivity contribution >= 4 is 33.7 Å². The van der Waals surface area contributed by atoms with E-state index in [9.17, 15) is 8.60 Å². The summed E-state index contributed by atoms with van der Waals surface area (Å²) in [7, 11) is 4.28. The highest BCUT2D eigenvalue weighted by Crippen LogP contribution is 2.29. The molecular formula is C30H34F2N6O2S. The molecule has 2 N–H and O–H groups in total. The summed E-state index contributed by atoms with van der Waals surface area (Å²) in [6.45, 7) is 0.306. The van der Waals surface area contributed by atoms with E-state index in [-0.39, 0.29) is 17.3 Å². The summed E-state index contributed by atoms with van der Waals surface area (Å²) >= 11 is 0. The van der Waals surface area contributed by atoms with Crippen molar-refractivity contribution in [2.24, 2.45) is 0 Å². The number of nitrogens with one attached hydrogen (secondary N) is 2. The van der Waals surface area contributed by atoms with E-state index in [0.717, 1.165) is 31.2 Å². The Bertz CT molecular complexity index is 1530. The third-order valence-corrected chi connectivity index (χ3v) is 8.43. The lowest BCUT2D eigenvalue weighted by Gasteiger charge is -2.32. The Morgan fingerprint density at radius 1 is 1.02 bits per heavy atom. The number of methoxy groups -OCH3 is 1.